The van der Waals surface area contributed by atoms with Crippen molar-refractivity contribution in [2.45, 2.75) is 45.3 Å². The van der Waals surface area contributed by atoms with Crippen LogP contribution in [0.4, 0.5) is 0 Å². The Labute approximate surface area is 160 Å². The summed E-state index contributed by atoms with van der Waals surface area (Å²) in [5.74, 6) is 0.112. The lowest BCUT2D eigenvalue weighted by atomic mass is 10.1. The van der Waals surface area contributed by atoms with Crippen LogP contribution in [0.1, 0.15) is 37.7 Å². The van der Waals surface area contributed by atoms with E-state index in [1.165, 1.54) is 5.57 Å². The van der Waals surface area contributed by atoms with Gasteiger partial charge in [0.25, 0.3) is 0 Å². The molecule has 6 heteroatoms. The molecular weight excluding hydrogens is 344 g/mol. The Bertz CT molecular complexity index is 693. The molecule has 146 valence electrons. The first-order valence-corrected chi connectivity index (χ1v) is 9.23. The standard InChI is InChI=1S/C21H28N2O4/c1-26-20-10-8-18(9-11-20)15-27-16-19(14-23-13-12-22-17-23)6-4-2-3-5-7-21(24)25/h6,8-13,17H,2-5,7,14-16H2,1H3,(H,24,25). The van der Waals surface area contributed by atoms with Gasteiger partial charge in [-0.25, -0.2) is 4.98 Å². The van der Waals surface area contributed by atoms with Crippen LogP contribution in [0.3, 0.4) is 0 Å². The zero-order chi connectivity index (χ0) is 19.3. The second-order valence-corrected chi connectivity index (χ2v) is 6.43. The summed E-state index contributed by atoms with van der Waals surface area (Å²) < 4.78 is 13.1. The minimum absolute atomic E-state index is 0.247. The number of nitrogens with zero attached hydrogens (tertiary/aromatic N) is 2. The number of imidazole rings is 1. The number of allylic oxidation sites excluding steroid dienone is 1. The number of carbonyl (C=O) groups is 1. The second-order valence-electron chi connectivity index (χ2n) is 6.43. The Kier molecular flexibility index (Phi) is 9.13. The molecular formula is C21H28N2O4. The quantitative estimate of drug-likeness (QED) is 0.424. The van der Waals surface area contributed by atoms with Gasteiger partial charge >= 0.3 is 5.97 Å². The zero-order valence-corrected chi connectivity index (χ0v) is 15.8. The number of methoxy groups -OCH3 is 1. The number of rotatable bonds is 13. The first-order chi connectivity index (χ1) is 13.2. The smallest absolute Gasteiger partial charge is 0.303 e. The summed E-state index contributed by atoms with van der Waals surface area (Å²) >= 11 is 0. The molecule has 0 aliphatic rings. The van der Waals surface area contributed by atoms with E-state index in [0.29, 0.717) is 13.2 Å². The molecule has 2 rings (SSSR count). The maximum absolute atomic E-state index is 10.5. The Morgan fingerprint density at radius 3 is 2.70 bits per heavy atom. The lowest BCUT2D eigenvalue weighted by molar-refractivity contribution is -0.137. The van der Waals surface area contributed by atoms with E-state index in [0.717, 1.165) is 43.5 Å². The van der Waals surface area contributed by atoms with Crippen LogP contribution >= 0.6 is 0 Å². The van der Waals surface area contributed by atoms with Gasteiger partial charge in [-0.2, -0.15) is 0 Å². The third kappa shape index (κ3) is 8.55. The number of aromatic nitrogens is 2. The lowest BCUT2D eigenvalue weighted by Crippen LogP contribution is -2.06. The summed E-state index contributed by atoms with van der Waals surface area (Å²) in [6.45, 7) is 1.85. The summed E-state index contributed by atoms with van der Waals surface area (Å²) in [6.07, 6.45) is 11.5. The predicted molar refractivity (Wildman–Crippen MR) is 104 cm³/mol. The molecule has 0 radical (unpaired) electrons. The van der Waals surface area contributed by atoms with Gasteiger partial charge in [-0.3, -0.25) is 4.79 Å². The van der Waals surface area contributed by atoms with E-state index >= 15 is 0 Å². The number of hydrogen-bond acceptors (Lipinski definition) is 4. The largest absolute Gasteiger partial charge is 0.497 e. The molecule has 0 spiro atoms. The van der Waals surface area contributed by atoms with Gasteiger partial charge in [0.1, 0.15) is 5.75 Å². The van der Waals surface area contributed by atoms with Crippen LogP contribution in [0, 0.1) is 0 Å². The molecule has 0 amide bonds. The van der Waals surface area contributed by atoms with E-state index in [1.54, 1.807) is 19.6 Å². The number of hydrogen-bond donors (Lipinski definition) is 1. The van der Waals surface area contributed by atoms with Crippen molar-refractivity contribution in [2.75, 3.05) is 13.7 Å². The number of unbranched alkanes of at least 4 members (excludes halogenated alkanes) is 3. The van der Waals surface area contributed by atoms with E-state index in [2.05, 4.69) is 11.1 Å². The van der Waals surface area contributed by atoms with Gasteiger partial charge in [0, 0.05) is 25.4 Å². The van der Waals surface area contributed by atoms with Crippen LogP contribution < -0.4 is 4.74 Å². The highest BCUT2D eigenvalue weighted by Gasteiger charge is 2.02. The molecule has 0 saturated heterocycles. The first-order valence-electron chi connectivity index (χ1n) is 9.23. The van der Waals surface area contributed by atoms with E-state index in [1.807, 2.05) is 35.0 Å². The molecule has 2 aromatic rings. The molecule has 0 aliphatic heterocycles. The Balaban J connectivity index is 1.79. The summed E-state index contributed by atoms with van der Waals surface area (Å²) in [5, 5.41) is 8.68. The summed E-state index contributed by atoms with van der Waals surface area (Å²) in [4.78, 5) is 14.6. The van der Waals surface area contributed by atoms with Crippen molar-refractivity contribution in [1.29, 1.82) is 0 Å². The van der Waals surface area contributed by atoms with Crippen molar-refractivity contribution in [2.24, 2.45) is 0 Å². The molecule has 0 bridgehead atoms. The second kappa shape index (κ2) is 11.9. The molecule has 0 atom stereocenters. The lowest BCUT2D eigenvalue weighted by Gasteiger charge is -2.11. The molecule has 6 nitrogen and oxygen atoms in total. The fourth-order valence-corrected chi connectivity index (χ4v) is 2.71. The SMILES string of the molecule is COc1ccc(COCC(=CCCCCCC(=O)O)Cn2ccnc2)cc1. The van der Waals surface area contributed by atoms with Crippen LogP contribution in [0.5, 0.6) is 5.75 Å². The summed E-state index contributed by atoms with van der Waals surface area (Å²) in [6, 6.07) is 7.86. The zero-order valence-electron chi connectivity index (χ0n) is 15.8. The van der Waals surface area contributed by atoms with Gasteiger partial charge in [-0.1, -0.05) is 24.6 Å². The highest BCUT2D eigenvalue weighted by atomic mass is 16.5. The van der Waals surface area contributed by atoms with Crippen molar-refractivity contribution in [1.82, 2.24) is 9.55 Å². The van der Waals surface area contributed by atoms with E-state index in [-0.39, 0.29) is 6.42 Å². The van der Waals surface area contributed by atoms with Crippen LogP contribution in [-0.2, 0) is 22.7 Å². The molecule has 0 fully saturated rings. The first kappa shape index (κ1) is 20.7. The molecule has 0 saturated carbocycles. The van der Waals surface area contributed by atoms with Gasteiger partial charge in [0.15, 0.2) is 0 Å². The highest BCUT2D eigenvalue weighted by molar-refractivity contribution is 5.66. The van der Waals surface area contributed by atoms with Crippen LogP contribution in [0.15, 0.2) is 54.6 Å². The normalized spacial score (nSPS) is 11.5. The minimum atomic E-state index is -0.724. The maximum atomic E-state index is 10.5. The molecule has 0 aliphatic carbocycles. The third-order valence-electron chi connectivity index (χ3n) is 4.19. The number of aliphatic carboxylic acids is 1. The third-order valence-corrected chi connectivity index (χ3v) is 4.19. The number of carboxylic acid groups (broad SMARTS) is 1. The van der Waals surface area contributed by atoms with Gasteiger partial charge in [-0.15, -0.1) is 0 Å². The van der Waals surface area contributed by atoms with E-state index < -0.39 is 5.97 Å². The van der Waals surface area contributed by atoms with E-state index in [4.69, 9.17) is 14.6 Å². The van der Waals surface area contributed by atoms with Crippen molar-refractivity contribution in [3.8, 4) is 5.75 Å². The van der Waals surface area contributed by atoms with Crippen molar-refractivity contribution < 1.29 is 19.4 Å². The average molecular weight is 372 g/mol. The molecule has 1 heterocycles. The van der Waals surface area contributed by atoms with Crippen LogP contribution in [0.2, 0.25) is 0 Å². The van der Waals surface area contributed by atoms with Gasteiger partial charge in [-0.05, 0) is 42.5 Å². The summed E-state index contributed by atoms with van der Waals surface area (Å²) in [7, 11) is 1.65. The fraction of sp³-hybridized carbons (Fsp3) is 0.429. The number of carboxylic acids is 1. The van der Waals surface area contributed by atoms with Crippen molar-refractivity contribution in [3.63, 3.8) is 0 Å². The average Bonchev–Trinajstić information content (AvgIpc) is 3.17. The summed E-state index contributed by atoms with van der Waals surface area (Å²) in [5.41, 5.74) is 2.30. The fourth-order valence-electron chi connectivity index (χ4n) is 2.71. The number of ether oxygens (including phenoxy) is 2. The van der Waals surface area contributed by atoms with Crippen molar-refractivity contribution in [3.05, 3.63) is 60.2 Å². The van der Waals surface area contributed by atoms with Gasteiger partial charge in [0.05, 0.1) is 26.7 Å². The molecule has 1 aromatic heterocycles. The molecule has 1 N–H and O–H groups in total. The minimum Gasteiger partial charge on any atom is -0.497 e. The Morgan fingerprint density at radius 1 is 1.22 bits per heavy atom. The highest BCUT2D eigenvalue weighted by Crippen LogP contribution is 2.13. The Hall–Kier alpha value is -2.60. The predicted octanol–water partition coefficient (Wildman–Crippen LogP) is 4.07. The molecule has 0 unspecified atom stereocenters. The van der Waals surface area contributed by atoms with Gasteiger partial charge < -0.3 is 19.1 Å². The number of benzene rings is 1. The maximum Gasteiger partial charge on any atom is 0.303 e. The molecule has 1 aromatic carbocycles. The van der Waals surface area contributed by atoms with E-state index in [9.17, 15) is 4.79 Å². The van der Waals surface area contributed by atoms with Crippen LogP contribution in [-0.4, -0.2) is 34.3 Å². The monoisotopic (exact) mass is 372 g/mol. The topological polar surface area (TPSA) is 73.6 Å². The van der Waals surface area contributed by atoms with Gasteiger partial charge in [0.2, 0.25) is 0 Å². The Morgan fingerprint density at radius 2 is 2.04 bits per heavy atom. The van der Waals surface area contributed by atoms with Crippen LogP contribution in [0.25, 0.3) is 0 Å². The van der Waals surface area contributed by atoms with Crippen molar-refractivity contribution >= 4 is 5.97 Å². The molecule has 27 heavy (non-hydrogen) atoms.